The SMILES string of the molecule is CC1(C)[C@@H](O[C@H]2O[C@H](C(=O)O)[C@@H](O)[C@H](O)[C@H]2O[C@@H]2O[C@H](C(=O)O)[C@@H](O)[C@H](O)[C@H]2O)CC[C@]2(C)[C@H]3C(=O)C=C4[C@@H]5C[C@@](C)(C(=O)O)CC[C@]5(C)CC[C@@]4(C)[C@]3(C)CC[C@@H]12.CC1=CC(=O)NS(=O)(=O)O1. The molecule has 22 heteroatoms. The average Bonchev–Trinajstić information content (AvgIpc) is 3.21. The van der Waals surface area contributed by atoms with Crippen LogP contribution in [0.1, 0.15) is 113 Å². The molecule has 6 fully saturated rings. The number of carboxylic acids is 3. The number of hydrogen-bond donors (Lipinski definition) is 9. The number of ether oxygens (including phenoxy) is 4. The van der Waals surface area contributed by atoms with Crippen LogP contribution in [0.3, 0.4) is 0 Å². The fourth-order valence-electron chi connectivity index (χ4n) is 13.9. The molecule has 3 heterocycles. The van der Waals surface area contributed by atoms with Gasteiger partial charge in [0.25, 0.3) is 5.91 Å². The third-order valence-electron chi connectivity index (χ3n) is 18.0. The van der Waals surface area contributed by atoms with Crippen LogP contribution in [0.25, 0.3) is 0 Å². The normalized spacial score (nSPS) is 48.1. The summed E-state index contributed by atoms with van der Waals surface area (Å²) in [6, 6.07) is 0. The smallest absolute Gasteiger partial charge is 0.409 e. The van der Waals surface area contributed by atoms with Crippen LogP contribution < -0.4 is 4.72 Å². The van der Waals surface area contributed by atoms with Gasteiger partial charge in [-0.15, -0.1) is 0 Å². The second-order valence-corrected chi connectivity index (χ2v) is 23.7. The van der Waals surface area contributed by atoms with Crippen LogP contribution in [-0.4, -0.2) is 146 Å². The molecule has 9 N–H and O–H groups in total. The maximum atomic E-state index is 14.8. The lowest BCUT2D eigenvalue weighted by Gasteiger charge is -2.70. The van der Waals surface area contributed by atoms with Gasteiger partial charge in [-0.05, 0) is 117 Å². The molecule has 0 aromatic carbocycles. The van der Waals surface area contributed by atoms with Crippen molar-refractivity contribution in [1.29, 1.82) is 0 Å². The first-order valence-electron chi connectivity index (χ1n) is 23.2. The molecule has 0 radical (unpaired) electrons. The summed E-state index contributed by atoms with van der Waals surface area (Å²) in [5, 5.41) is 83.0. The van der Waals surface area contributed by atoms with Gasteiger partial charge in [-0.1, -0.05) is 47.1 Å². The van der Waals surface area contributed by atoms with Gasteiger partial charge in [0.15, 0.2) is 30.6 Å². The number of carbonyl (C=O) groups excluding carboxylic acids is 2. The van der Waals surface area contributed by atoms with Crippen LogP contribution in [-0.2, 0) is 57.4 Å². The Kier molecular flexibility index (Phi) is 13.5. The van der Waals surface area contributed by atoms with Crippen molar-refractivity contribution in [3.63, 3.8) is 0 Å². The standard InChI is InChI=1S/C42H62O16.C4H5NO4S/c1-37(2)21-8-11-42(7)31(20(43)16-18-19-17-39(4,36(53)54)13-12-38(19,3)14-15-41(18,42)6)40(21,5)10-9-22(37)55-35-30(26(47)25(46)29(57-35)33(51)52)58-34-27(48)23(44)24(45)28(56-34)32(49)50;1-3-2-4(6)5-10(7,8)9-3/h16,19,21-31,34-35,44-48H,8-15,17H2,1-7H3,(H,49,50)(H,51,52)(H,53,54);2H,1H3,(H,5,6)/t19-,21-,22-,23-,24-,25-,26-,27+,28-,29-,30+,31+,34-,35-,38+,39-,40-,41+,42+;/m0./s1. The first-order valence-corrected chi connectivity index (χ1v) is 24.6. The number of allylic oxidation sites excluding steroid dienone is 3. The number of amides is 1. The molecule has 21 nitrogen and oxygen atoms in total. The molecule has 3 aliphatic heterocycles. The predicted octanol–water partition coefficient (Wildman–Crippen LogP) is 1.53. The maximum absolute atomic E-state index is 14.8. The highest BCUT2D eigenvalue weighted by Crippen LogP contribution is 2.75. The van der Waals surface area contributed by atoms with E-state index in [0.717, 1.165) is 43.8 Å². The van der Waals surface area contributed by atoms with Crippen LogP contribution in [0.5, 0.6) is 0 Å². The van der Waals surface area contributed by atoms with E-state index in [4.69, 9.17) is 18.9 Å². The van der Waals surface area contributed by atoms with E-state index in [1.165, 1.54) is 6.92 Å². The lowest BCUT2D eigenvalue weighted by atomic mass is 9.33. The van der Waals surface area contributed by atoms with Gasteiger partial charge in [0, 0.05) is 12.0 Å². The van der Waals surface area contributed by atoms with E-state index >= 15 is 0 Å². The molecular formula is C46H67NO20S. The van der Waals surface area contributed by atoms with Gasteiger partial charge < -0.3 is 64.0 Å². The summed E-state index contributed by atoms with van der Waals surface area (Å²) in [6.07, 6.45) is -11.2. The van der Waals surface area contributed by atoms with Crippen molar-refractivity contribution in [1.82, 2.24) is 4.72 Å². The van der Waals surface area contributed by atoms with E-state index in [2.05, 4.69) is 31.9 Å². The summed E-state index contributed by atoms with van der Waals surface area (Å²) in [4.78, 5) is 61.7. The molecule has 8 rings (SSSR count). The first kappa shape index (κ1) is 52.2. The zero-order valence-corrected chi connectivity index (χ0v) is 40.3. The second kappa shape index (κ2) is 17.6. The first-order chi connectivity index (χ1) is 31.3. The van der Waals surface area contributed by atoms with E-state index in [1.54, 1.807) is 4.72 Å². The molecule has 68 heavy (non-hydrogen) atoms. The Morgan fingerprint density at radius 3 is 1.88 bits per heavy atom. The number of carbonyl (C=O) groups is 5. The molecule has 0 unspecified atom stereocenters. The highest BCUT2D eigenvalue weighted by Gasteiger charge is 2.71. The van der Waals surface area contributed by atoms with E-state index < -0.39 is 123 Å². The van der Waals surface area contributed by atoms with E-state index in [0.29, 0.717) is 25.7 Å². The highest BCUT2D eigenvalue weighted by molar-refractivity contribution is 7.85. The number of rotatable bonds is 7. The summed E-state index contributed by atoms with van der Waals surface area (Å²) in [7, 11) is -3.85. The Labute approximate surface area is 394 Å². The molecule has 0 spiro atoms. The van der Waals surface area contributed by atoms with Crippen molar-refractivity contribution in [3.8, 4) is 0 Å². The average molecular weight is 986 g/mol. The fraction of sp³-hybridized carbons (Fsp3) is 0.804. The van der Waals surface area contributed by atoms with Gasteiger partial charge in [0.05, 0.1) is 11.5 Å². The molecule has 382 valence electrons. The summed E-state index contributed by atoms with van der Waals surface area (Å²) in [6.45, 7) is 16.2. The van der Waals surface area contributed by atoms with Crippen molar-refractivity contribution in [2.75, 3.05) is 0 Å². The highest BCUT2D eigenvalue weighted by atomic mass is 32.2. The minimum Gasteiger partial charge on any atom is -0.481 e. The molecular weight excluding hydrogens is 919 g/mol. The quantitative estimate of drug-likeness (QED) is 0.163. The third kappa shape index (κ3) is 8.50. The molecule has 4 saturated carbocycles. The molecule has 1 amide bonds. The van der Waals surface area contributed by atoms with Crippen LogP contribution in [0.15, 0.2) is 23.5 Å². The van der Waals surface area contributed by atoms with Crippen LogP contribution in [0.2, 0.25) is 0 Å². The lowest BCUT2D eigenvalue weighted by molar-refractivity contribution is -0.371. The maximum Gasteiger partial charge on any atom is 0.409 e. The monoisotopic (exact) mass is 985 g/mol. The van der Waals surface area contributed by atoms with Crippen molar-refractivity contribution in [2.45, 2.75) is 181 Å². The largest absolute Gasteiger partial charge is 0.481 e. The van der Waals surface area contributed by atoms with E-state index in [9.17, 15) is 73.2 Å². The van der Waals surface area contributed by atoms with Crippen LogP contribution in [0, 0.1) is 50.2 Å². The Morgan fingerprint density at radius 1 is 0.721 bits per heavy atom. The van der Waals surface area contributed by atoms with Crippen LogP contribution in [0.4, 0.5) is 0 Å². The summed E-state index contributed by atoms with van der Waals surface area (Å²) >= 11 is 0. The molecule has 2 saturated heterocycles. The number of aliphatic hydroxyl groups is 5. The van der Waals surface area contributed by atoms with Gasteiger partial charge in [-0.3, -0.25) is 14.4 Å². The number of fused-ring (bicyclic) bond motifs is 7. The molecule has 5 aliphatic carbocycles. The molecule has 0 bridgehead atoms. The fourth-order valence-corrected chi connectivity index (χ4v) is 14.7. The minimum atomic E-state index is -3.85. The predicted molar refractivity (Wildman–Crippen MR) is 231 cm³/mol. The van der Waals surface area contributed by atoms with Gasteiger partial charge in [-0.25, -0.2) is 14.3 Å². The van der Waals surface area contributed by atoms with Gasteiger partial charge in [0.2, 0.25) is 0 Å². The third-order valence-corrected chi connectivity index (χ3v) is 19.0. The van der Waals surface area contributed by atoms with Crippen LogP contribution >= 0.6 is 0 Å². The van der Waals surface area contributed by atoms with Gasteiger partial charge >= 0.3 is 28.2 Å². The topological polar surface area (TPSA) is 340 Å². The number of hydrogen-bond acceptors (Lipinski definition) is 17. The number of ketones is 1. The Balaban J connectivity index is 0.000000608. The van der Waals surface area contributed by atoms with Gasteiger partial charge in [0.1, 0.15) is 42.4 Å². The summed E-state index contributed by atoms with van der Waals surface area (Å²) in [5.74, 6) is -5.07. The Bertz CT molecular complexity index is 2250. The zero-order valence-electron chi connectivity index (χ0n) is 39.5. The van der Waals surface area contributed by atoms with Crippen molar-refractivity contribution >= 4 is 39.9 Å². The summed E-state index contributed by atoms with van der Waals surface area (Å²) in [5.41, 5.74) is -1.81. The zero-order chi connectivity index (χ0) is 50.6. The number of carboxylic acid groups (broad SMARTS) is 3. The number of aliphatic carboxylic acids is 3. The number of nitrogens with one attached hydrogen (secondary N) is 1. The molecule has 0 aromatic heterocycles. The van der Waals surface area contributed by atoms with Crippen molar-refractivity contribution < 1.29 is 96.4 Å². The minimum absolute atomic E-state index is 0.0217. The Hall–Kier alpha value is -3.58. The molecule has 8 aliphatic rings. The van der Waals surface area contributed by atoms with E-state index in [1.807, 2.05) is 26.8 Å². The second-order valence-electron chi connectivity index (χ2n) is 22.4. The van der Waals surface area contributed by atoms with Crippen molar-refractivity contribution in [3.05, 3.63) is 23.5 Å². The van der Waals surface area contributed by atoms with Crippen molar-refractivity contribution in [2.24, 2.45) is 50.2 Å². The lowest BCUT2D eigenvalue weighted by Crippen LogP contribution is -2.68. The van der Waals surface area contributed by atoms with Gasteiger partial charge in [-0.2, -0.15) is 8.42 Å². The Morgan fingerprint density at radius 2 is 1.31 bits per heavy atom. The molecule has 19 atom stereocenters. The number of aliphatic hydroxyl groups excluding tert-OH is 5. The van der Waals surface area contributed by atoms with E-state index in [-0.39, 0.29) is 40.1 Å². The molecule has 0 aromatic rings. The summed E-state index contributed by atoms with van der Waals surface area (Å²) < 4.78 is 50.2.